The molecule has 0 radical (unpaired) electrons. The Bertz CT molecular complexity index is 410. The van der Waals surface area contributed by atoms with Gasteiger partial charge in [-0.05, 0) is 6.07 Å². The van der Waals surface area contributed by atoms with Gasteiger partial charge in [0.25, 0.3) is 0 Å². The monoisotopic (exact) mass is 203 g/mol. The van der Waals surface area contributed by atoms with E-state index in [1.165, 1.54) is 0 Å². The van der Waals surface area contributed by atoms with Gasteiger partial charge in [0.15, 0.2) is 0 Å². The Labute approximate surface area is 87.8 Å². The predicted octanol–water partition coefficient (Wildman–Crippen LogP) is 1.04. The molecule has 0 atom stereocenters. The molecule has 0 fully saturated rings. The normalized spacial score (nSPS) is 10.1. The minimum Gasteiger partial charge on any atom is -0.396 e. The molecule has 0 spiro atoms. The Morgan fingerprint density at radius 2 is 2.27 bits per heavy atom. The van der Waals surface area contributed by atoms with Crippen LogP contribution in [0.4, 0.5) is 11.4 Å². The Hall–Kier alpha value is -2.04. The molecule has 2 aromatic heterocycles. The van der Waals surface area contributed by atoms with Crippen molar-refractivity contribution in [2.45, 2.75) is 6.42 Å². The maximum atomic E-state index is 5.73. The molecule has 15 heavy (non-hydrogen) atoms. The van der Waals surface area contributed by atoms with Crippen molar-refractivity contribution in [2.24, 2.45) is 0 Å². The van der Waals surface area contributed by atoms with E-state index in [0.29, 0.717) is 5.69 Å². The first kappa shape index (κ1) is 9.51. The standard InChI is InChI=1S/C10H13N5/c11-9-6-12-3-2-10(9)14-4-1-8-5-13-7-15-8/h2-3,5-7H,1,4,11H2,(H,12,14)(H,13,15). The summed E-state index contributed by atoms with van der Waals surface area (Å²) in [7, 11) is 0. The highest BCUT2D eigenvalue weighted by atomic mass is 14.9. The molecule has 78 valence electrons. The summed E-state index contributed by atoms with van der Waals surface area (Å²) >= 11 is 0. The van der Waals surface area contributed by atoms with E-state index >= 15 is 0 Å². The highest BCUT2D eigenvalue weighted by Gasteiger charge is 1.97. The van der Waals surface area contributed by atoms with Gasteiger partial charge in [-0.1, -0.05) is 0 Å². The Morgan fingerprint density at radius 3 is 3.00 bits per heavy atom. The number of aromatic nitrogens is 3. The lowest BCUT2D eigenvalue weighted by Crippen LogP contribution is -2.07. The zero-order valence-corrected chi connectivity index (χ0v) is 8.27. The molecule has 0 aromatic carbocycles. The van der Waals surface area contributed by atoms with E-state index in [0.717, 1.165) is 24.3 Å². The van der Waals surface area contributed by atoms with Crippen LogP contribution in [0.1, 0.15) is 5.69 Å². The molecule has 0 aliphatic rings. The molecule has 0 aliphatic carbocycles. The van der Waals surface area contributed by atoms with Gasteiger partial charge in [-0.2, -0.15) is 0 Å². The van der Waals surface area contributed by atoms with Crippen LogP contribution < -0.4 is 11.1 Å². The Balaban J connectivity index is 1.86. The maximum Gasteiger partial charge on any atom is 0.0921 e. The van der Waals surface area contributed by atoms with Gasteiger partial charge >= 0.3 is 0 Å². The summed E-state index contributed by atoms with van der Waals surface area (Å²) in [6.07, 6.45) is 7.74. The number of hydrogen-bond acceptors (Lipinski definition) is 4. The summed E-state index contributed by atoms with van der Waals surface area (Å²) in [6.45, 7) is 0.816. The van der Waals surface area contributed by atoms with Gasteiger partial charge in [-0.25, -0.2) is 4.98 Å². The number of pyridine rings is 1. The minimum absolute atomic E-state index is 0.669. The molecule has 0 bridgehead atoms. The predicted molar refractivity (Wildman–Crippen MR) is 59.4 cm³/mol. The summed E-state index contributed by atoms with van der Waals surface area (Å²) < 4.78 is 0. The van der Waals surface area contributed by atoms with Gasteiger partial charge in [0.05, 0.1) is 23.9 Å². The van der Waals surface area contributed by atoms with Crippen LogP contribution in [0.15, 0.2) is 31.0 Å². The summed E-state index contributed by atoms with van der Waals surface area (Å²) in [5.74, 6) is 0. The number of anilines is 2. The zero-order chi connectivity index (χ0) is 10.5. The van der Waals surface area contributed by atoms with Crippen molar-refractivity contribution in [2.75, 3.05) is 17.6 Å². The fraction of sp³-hybridized carbons (Fsp3) is 0.200. The third-order valence-electron chi connectivity index (χ3n) is 2.12. The van der Waals surface area contributed by atoms with Gasteiger partial charge < -0.3 is 16.0 Å². The van der Waals surface area contributed by atoms with Crippen molar-refractivity contribution in [3.63, 3.8) is 0 Å². The van der Waals surface area contributed by atoms with Crippen LogP contribution >= 0.6 is 0 Å². The molecule has 0 unspecified atom stereocenters. The third kappa shape index (κ3) is 2.46. The summed E-state index contributed by atoms with van der Waals surface area (Å²) in [5.41, 5.74) is 8.43. The maximum absolute atomic E-state index is 5.73. The molecule has 2 rings (SSSR count). The first-order chi connectivity index (χ1) is 7.36. The molecule has 5 nitrogen and oxygen atoms in total. The number of nitrogens with zero attached hydrogens (tertiary/aromatic N) is 2. The highest BCUT2D eigenvalue weighted by molar-refractivity contribution is 5.64. The second kappa shape index (κ2) is 4.45. The number of nitrogens with two attached hydrogens (primary N) is 1. The highest BCUT2D eigenvalue weighted by Crippen LogP contribution is 2.14. The van der Waals surface area contributed by atoms with Crippen molar-refractivity contribution in [1.29, 1.82) is 0 Å². The van der Waals surface area contributed by atoms with Gasteiger partial charge in [-0.15, -0.1) is 0 Å². The zero-order valence-electron chi connectivity index (χ0n) is 8.27. The summed E-state index contributed by atoms with van der Waals surface area (Å²) in [5, 5.41) is 3.24. The lowest BCUT2D eigenvalue weighted by Gasteiger charge is -2.07. The van der Waals surface area contributed by atoms with Gasteiger partial charge in [0, 0.05) is 31.1 Å². The van der Waals surface area contributed by atoms with Crippen molar-refractivity contribution >= 4 is 11.4 Å². The van der Waals surface area contributed by atoms with E-state index in [4.69, 9.17) is 5.73 Å². The molecule has 5 heteroatoms. The molecule has 2 aromatic rings. The fourth-order valence-electron chi connectivity index (χ4n) is 1.32. The second-order valence-corrected chi connectivity index (χ2v) is 3.22. The number of nitrogens with one attached hydrogen (secondary N) is 2. The third-order valence-corrected chi connectivity index (χ3v) is 2.12. The quantitative estimate of drug-likeness (QED) is 0.693. The fourth-order valence-corrected chi connectivity index (χ4v) is 1.32. The van der Waals surface area contributed by atoms with Crippen molar-refractivity contribution in [3.8, 4) is 0 Å². The molecule has 0 aliphatic heterocycles. The molecule has 0 saturated carbocycles. The second-order valence-electron chi connectivity index (χ2n) is 3.22. The number of imidazole rings is 1. The molecule has 4 N–H and O–H groups in total. The van der Waals surface area contributed by atoms with Crippen LogP contribution in [-0.2, 0) is 6.42 Å². The number of aromatic amines is 1. The molecule has 0 amide bonds. The van der Waals surface area contributed by atoms with E-state index in [2.05, 4.69) is 20.3 Å². The average Bonchev–Trinajstić information content (AvgIpc) is 2.74. The summed E-state index contributed by atoms with van der Waals surface area (Å²) in [6, 6.07) is 1.86. The first-order valence-corrected chi connectivity index (χ1v) is 4.77. The van der Waals surface area contributed by atoms with Crippen LogP contribution in [0.3, 0.4) is 0 Å². The summed E-state index contributed by atoms with van der Waals surface area (Å²) in [4.78, 5) is 10.9. The minimum atomic E-state index is 0.669. The van der Waals surface area contributed by atoms with Gasteiger partial charge in [0.1, 0.15) is 0 Å². The average molecular weight is 203 g/mol. The van der Waals surface area contributed by atoms with Gasteiger partial charge in [0.2, 0.25) is 0 Å². The SMILES string of the molecule is Nc1cnccc1NCCc1cnc[nH]1. The molecular formula is C10H13N5. The molecular weight excluding hydrogens is 190 g/mol. The van der Waals surface area contributed by atoms with E-state index in [1.54, 1.807) is 18.7 Å². The van der Waals surface area contributed by atoms with Crippen molar-refractivity contribution < 1.29 is 0 Å². The largest absolute Gasteiger partial charge is 0.396 e. The Morgan fingerprint density at radius 1 is 1.33 bits per heavy atom. The Kier molecular flexibility index (Phi) is 2.82. The number of rotatable bonds is 4. The van der Waals surface area contributed by atoms with Crippen molar-refractivity contribution in [1.82, 2.24) is 15.0 Å². The van der Waals surface area contributed by atoms with E-state index in [1.807, 2.05) is 12.3 Å². The van der Waals surface area contributed by atoms with E-state index < -0.39 is 0 Å². The van der Waals surface area contributed by atoms with Crippen LogP contribution in [0.2, 0.25) is 0 Å². The number of H-pyrrole nitrogens is 1. The first-order valence-electron chi connectivity index (χ1n) is 4.77. The van der Waals surface area contributed by atoms with Crippen molar-refractivity contribution in [3.05, 3.63) is 36.7 Å². The lowest BCUT2D eigenvalue weighted by atomic mass is 10.3. The van der Waals surface area contributed by atoms with Crippen LogP contribution in [0.25, 0.3) is 0 Å². The van der Waals surface area contributed by atoms with E-state index in [9.17, 15) is 0 Å². The van der Waals surface area contributed by atoms with Crippen LogP contribution in [-0.4, -0.2) is 21.5 Å². The molecule has 0 saturated heterocycles. The van der Waals surface area contributed by atoms with Crippen LogP contribution in [0, 0.1) is 0 Å². The van der Waals surface area contributed by atoms with Gasteiger partial charge in [-0.3, -0.25) is 4.98 Å². The topological polar surface area (TPSA) is 79.6 Å². The lowest BCUT2D eigenvalue weighted by molar-refractivity contribution is 0.977. The molecule has 2 heterocycles. The number of nitrogen functional groups attached to an aromatic ring is 1. The smallest absolute Gasteiger partial charge is 0.0921 e. The number of hydrogen-bond donors (Lipinski definition) is 3. The van der Waals surface area contributed by atoms with Crippen LogP contribution in [0.5, 0.6) is 0 Å². The van der Waals surface area contributed by atoms with E-state index in [-0.39, 0.29) is 0 Å².